The first-order chi connectivity index (χ1) is 15.3. The van der Waals surface area contributed by atoms with Gasteiger partial charge in [-0.1, -0.05) is 42.5 Å². The molecule has 0 spiro atoms. The summed E-state index contributed by atoms with van der Waals surface area (Å²) in [4.78, 5) is 24.7. The minimum Gasteiger partial charge on any atom is -0.483 e. The van der Waals surface area contributed by atoms with Crippen LogP contribution in [0.15, 0.2) is 83.8 Å². The SMILES string of the molecule is NS(=O)(=O)c1ccc(CCNC(=O)COc2ccccc2C(=O)Nc2ccccc2)cc1. The number of benzene rings is 3. The Kier molecular flexibility index (Phi) is 7.58. The van der Waals surface area contributed by atoms with Crippen molar-refractivity contribution in [1.82, 2.24) is 5.32 Å². The molecule has 9 heteroatoms. The molecule has 0 aliphatic rings. The van der Waals surface area contributed by atoms with Gasteiger partial charge in [0.25, 0.3) is 11.8 Å². The summed E-state index contributed by atoms with van der Waals surface area (Å²) >= 11 is 0. The molecule has 2 amide bonds. The highest BCUT2D eigenvalue weighted by Gasteiger charge is 2.13. The number of hydrogen-bond donors (Lipinski definition) is 3. The minimum atomic E-state index is -3.73. The van der Waals surface area contributed by atoms with Crippen LogP contribution in [0.4, 0.5) is 5.69 Å². The summed E-state index contributed by atoms with van der Waals surface area (Å²) in [6.45, 7) is 0.0903. The van der Waals surface area contributed by atoms with Crippen molar-refractivity contribution in [3.63, 3.8) is 0 Å². The summed E-state index contributed by atoms with van der Waals surface area (Å²) in [5, 5.41) is 10.6. The average molecular weight is 454 g/mol. The summed E-state index contributed by atoms with van der Waals surface area (Å²) in [6.07, 6.45) is 0.507. The van der Waals surface area contributed by atoms with Gasteiger partial charge in [-0.2, -0.15) is 0 Å². The molecular weight excluding hydrogens is 430 g/mol. The third-order valence-corrected chi connectivity index (χ3v) is 5.44. The number of hydrogen-bond acceptors (Lipinski definition) is 5. The van der Waals surface area contributed by atoms with Gasteiger partial charge in [0, 0.05) is 12.2 Å². The lowest BCUT2D eigenvalue weighted by molar-refractivity contribution is -0.123. The van der Waals surface area contributed by atoms with Gasteiger partial charge in [-0.15, -0.1) is 0 Å². The monoisotopic (exact) mass is 453 g/mol. The fourth-order valence-corrected chi connectivity index (χ4v) is 3.40. The second kappa shape index (κ2) is 10.6. The van der Waals surface area contributed by atoms with Crippen LogP contribution in [0.5, 0.6) is 5.75 Å². The van der Waals surface area contributed by atoms with Crippen LogP contribution in [-0.4, -0.2) is 33.4 Å². The molecule has 0 aromatic heterocycles. The topological polar surface area (TPSA) is 128 Å². The molecule has 166 valence electrons. The number of carbonyl (C=O) groups is 2. The van der Waals surface area contributed by atoms with Crippen LogP contribution in [-0.2, 0) is 21.2 Å². The van der Waals surface area contributed by atoms with Gasteiger partial charge in [-0.25, -0.2) is 13.6 Å². The highest BCUT2D eigenvalue weighted by atomic mass is 32.2. The number of para-hydroxylation sites is 2. The zero-order valence-corrected chi connectivity index (χ0v) is 18.0. The predicted octanol–water partition coefficient (Wildman–Crippen LogP) is 2.32. The molecule has 3 rings (SSSR count). The molecule has 0 fully saturated rings. The molecule has 4 N–H and O–H groups in total. The van der Waals surface area contributed by atoms with E-state index in [4.69, 9.17) is 9.88 Å². The van der Waals surface area contributed by atoms with Crippen LogP contribution >= 0.6 is 0 Å². The largest absolute Gasteiger partial charge is 0.483 e. The number of anilines is 1. The van der Waals surface area contributed by atoms with Crippen molar-refractivity contribution in [1.29, 1.82) is 0 Å². The van der Waals surface area contributed by atoms with Crippen LogP contribution in [0.1, 0.15) is 15.9 Å². The van der Waals surface area contributed by atoms with E-state index >= 15 is 0 Å². The number of amides is 2. The summed E-state index contributed by atoms with van der Waals surface area (Å²) in [5.74, 6) is -0.380. The zero-order valence-electron chi connectivity index (χ0n) is 17.2. The van der Waals surface area contributed by atoms with Crippen molar-refractivity contribution in [2.45, 2.75) is 11.3 Å². The number of carbonyl (C=O) groups excluding carboxylic acids is 2. The van der Waals surface area contributed by atoms with Crippen molar-refractivity contribution in [2.24, 2.45) is 5.14 Å². The molecule has 0 atom stereocenters. The molecule has 0 unspecified atom stereocenters. The number of ether oxygens (including phenoxy) is 1. The number of nitrogens with one attached hydrogen (secondary N) is 2. The molecular formula is C23H23N3O5S. The van der Waals surface area contributed by atoms with Crippen LogP contribution in [0, 0.1) is 0 Å². The standard InChI is InChI=1S/C23H23N3O5S/c24-32(29,30)19-12-10-17(11-13-19)14-15-25-22(27)16-31-21-9-5-4-8-20(21)23(28)26-18-6-2-1-3-7-18/h1-13H,14-16H2,(H,25,27)(H,26,28)(H2,24,29,30). The van der Waals surface area contributed by atoms with Gasteiger partial charge in [0.15, 0.2) is 6.61 Å². The van der Waals surface area contributed by atoms with Crippen LogP contribution in [0.2, 0.25) is 0 Å². The normalized spacial score (nSPS) is 10.9. The van der Waals surface area contributed by atoms with E-state index < -0.39 is 10.0 Å². The summed E-state index contributed by atoms with van der Waals surface area (Å²) in [6, 6.07) is 21.9. The molecule has 0 aliphatic heterocycles. The lowest BCUT2D eigenvalue weighted by Crippen LogP contribution is -2.31. The molecule has 32 heavy (non-hydrogen) atoms. The average Bonchev–Trinajstić information content (AvgIpc) is 2.78. The maximum absolute atomic E-state index is 12.6. The Hall–Kier alpha value is -3.69. The second-order valence-electron chi connectivity index (χ2n) is 6.89. The van der Waals surface area contributed by atoms with Gasteiger partial charge in [0.05, 0.1) is 10.5 Å². The second-order valence-corrected chi connectivity index (χ2v) is 8.46. The zero-order chi connectivity index (χ0) is 23.0. The van der Waals surface area contributed by atoms with Crippen LogP contribution in [0.25, 0.3) is 0 Å². The van der Waals surface area contributed by atoms with Crippen molar-refractivity contribution < 1.29 is 22.7 Å². The van der Waals surface area contributed by atoms with Crippen molar-refractivity contribution >= 4 is 27.5 Å². The third kappa shape index (κ3) is 6.66. The molecule has 0 radical (unpaired) electrons. The molecule has 0 bridgehead atoms. The van der Waals surface area contributed by atoms with E-state index in [0.717, 1.165) is 5.56 Å². The van der Waals surface area contributed by atoms with Gasteiger partial charge in [0.2, 0.25) is 10.0 Å². The predicted molar refractivity (Wildman–Crippen MR) is 121 cm³/mol. The molecule has 0 saturated carbocycles. The third-order valence-electron chi connectivity index (χ3n) is 4.51. The Morgan fingerprint density at radius 2 is 1.53 bits per heavy atom. The van der Waals surface area contributed by atoms with Crippen LogP contribution < -0.4 is 20.5 Å². The molecule has 0 aliphatic carbocycles. The first-order valence-electron chi connectivity index (χ1n) is 9.79. The number of rotatable bonds is 9. The first-order valence-corrected chi connectivity index (χ1v) is 11.3. The minimum absolute atomic E-state index is 0.0358. The number of sulfonamides is 1. The van der Waals surface area contributed by atoms with E-state index in [9.17, 15) is 18.0 Å². The highest BCUT2D eigenvalue weighted by molar-refractivity contribution is 7.89. The van der Waals surface area contributed by atoms with Crippen LogP contribution in [0.3, 0.4) is 0 Å². The molecule has 0 saturated heterocycles. The van der Waals surface area contributed by atoms with Crippen molar-refractivity contribution in [3.05, 3.63) is 90.0 Å². The van der Waals surface area contributed by atoms with Gasteiger partial charge < -0.3 is 15.4 Å². The smallest absolute Gasteiger partial charge is 0.259 e. The maximum Gasteiger partial charge on any atom is 0.259 e. The maximum atomic E-state index is 12.6. The van der Waals surface area contributed by atoms with E-state index in [-0.39, 0.29) is 23.3 Å². The van der Waals surface area contributed by atoms with Gasteiger partial charge in [-0.3, -0.25) is 9.59 Å². The Morgan fingerprint density at radius 1 is 0.875 bits per heavy atom. The number of primary sulfonamides is 1. The lowest BCUT2D eigenvalue weighted by atomic mass is 10.1. The molecule has 3 aromatic carbocycles. The first kappa shape index (κ1) is 23.0. The number of nitrogens with two attached hydrogens (primary N) is 1. The van der Waals surface area contributed by atoms with E-state index in [1.165, 1.54) is 12.1 Å². The van der Waals surface area contributed by atoms with E-state index in [2.05, 4.69) is 10.6 Å². The molecule has 8 nitrogen and oxygen atoms in total. The van der Waals surface area contributed by atoms with Gasteiger partial charge in [0.1, 0.15) is 5.75 Å². The van der Waals surface area contributed by atoms with E-state index in [1.54, 1.807) is 48.5 Å². The Labute approximate surface area is 186 Å². The summed E-state index contributed by atoms with van der Waals surface area (Å²) in [7, 11) is -3.73. The highest BCUT2D eigenvalue weighted by Crippen LogP contribution is 2.19. The van der Waals surface area contributed by atoms with E-state index in [1.807, 2.05) is 18.2 Å². The van der Waals surface area contributed by atoms with E-state index in [0.29, 0.717) is 30.0 Å². The lowest BCUT2D eigenvalue weighted by Gasteiger charge is -2.12. The quantitative estimate of drug-likeness (QED) is 0.458. The summed E-state index contributed by atoms with van der Waals surface area (Å²) in [5.41, 5.74) is 1.82. The Morgan fingerprint density at radius 3 is 2.22 bits per heavy atom. The molecule has 0 heterocycles. The summed E-state index contributed by atoms with van der Waals surface area (Å²) < 4.78 is 28.1. The van der Waals surface area contributed by atoms with Gasteiger partial charge >= 0.3 is 0 Å². The fraction of sp³-hybridized carbons (Fsp3) is 0.130. The molecule has 3 aromatic rings. The van der Waals surface area contributed by atoms with Gasteiger partial charge in [-0.05, 0) is 48.4 Å². The van der Waals surface area contributed by atoms with Crippen molar-refractivity contribution in [2.75, 3.05) is 18.5 Å². The van der Waals surface area contributed by atoms with Crippen molar-refractivity contribution in [3.8, 4) is 5.75 Å². The fourth-order valence-electron chi connectivity index (χ4n) is 2.89. The Balaban J connectivity index is 1.49. The Bertz CT molecular complexity index is 1180.